The number of nitrogens with two attached hydrogens (primary N) is 1. The highest BCUT2D eigenvalue weighted by Crippen LogP contribution is 2.26. The van der Waals surface area contributed by atoms with E-state index in [-0.39, 0.29) is 11.9 Å². The maximum absolute atomic E-state index is 12.0. The van der Waals surface area contributed by atoms with E-state index in [0.717, 1.165) is 25.9 Å². The first kappa shape index (κ1) is 14.5. The molecule has 1 fully saturated rings. The maximum Gasteiger partial charge on any atom is 0.237 e. The molecular formula is C13H27N3O. The molecule has 1 atom stereocenters. The summed E-state index contributed by atoms with van der Waals surface area (Å²) in [5.41, 5.74) is 5.63. The van der Waals surface area contributed by atoms with Gasteiger partial charge in [-0.2, -0.15) is 0 Å². The van der Waals surface area contributed by atoms with Crippen LogP contribution in [0.4, 0.5) is 0 Å². The highest BCUT2D eigenvalue weighted by Gasteiger charge is 2.30. The molecule has 0 radical (unpaired) electrons. The van der Waals surface area contributed by atoms with Crippen molar-refractivity contribution < 1.29 is 4.79 Å². The molecule has 0 spiro atoms. The van der Waals surface area contributed by atoms with Gasteiger partial charge in [0.1, 0.15) is 0 Å². The normalized spacial score (nSPS) is 17.9. The Morgan fingerprint density at radius 3 is 2.71 bits per heavy atom. The zero-order valence-corrected chi connectivity index (χ0v) is 11.2. The summed E-state index contributed by atoms with van der Waals surface area (Å²) < 4.78 is 0. The van der Waals surface area contributed by atoms with Crippen molar-refractivity contribution in [1.82, 2.24) is 10.2 Å². The molecule has 3 N–H and O–H groups in total. The smallest absolute Gasteiger partial charge is 0.237 e. The number of carbonyl (C=O) groups excluding carboxylic acids is 1. The summed E-state index contributed by atoms with van der Waals surface area (Å²) in [7, 11) is 0. The van der Waals surface area contributed by atoms with E-state index in [0.29, 0.717) is 12.6 Å². The Hall–Kier alpha value is -0.610. The van der Waals surface area contributed by atoms with Crippen molar-refractivity contribution in [2.75, 3.05) is 19.6 Å². The van der Waals surface area contributed by atoms with E-state index in [4.69, 9.17) is 5.73 Å². The first-order valence-electron chi connectivity index (χ1n) is 6.94. The minimum Gasteiger partial charge on any atom is -0.355 e. The number of hydrogen-bond acceptors (Lipinski definition) is 3. The van der Waals surface area contributed by atoms with Gasteiger partial charge in [-0.1, -0.05) is 19.8 Å². The number of nitrogens with zero attached hydrogens (tertiary/aromatic N) is 1. The zero-order valence-electron chi connectivity index (χ0n) is 11.2. The molecule has 17 heavy (non-hydrogen) atoms. The zero-order chi connectivity index (χ0) is 12.7. The molecule has 1 saturated carbocycles. The van der Waals surface area contributed by atoms with Gasteiger partial charge >= 0.3 is 0 Å². The molecule has 1 unspecified atom stereocenters. The highest BCUT2D eigenvalue weighted by molar-refractivity contribution is 5.81. The van der Waals surface area contributed by atoms with Crippen molar-refractivity contribution in [1.29, 1.82) is 0 Å². The molecule has 4 nitrogen and oxygen atoms in total. The van der Waals surface area contributed by atoms with Crippen LogP contribution in [0.3, 0.4) is 0 Å². The molecule has 0 aromatic heterocycles. The largest absolute Gasteiger partial charge is 0.355 e. The number of carbonyl (C=O) groups is 1. The van der Waals surface area contributed by atoms with Gasteiger partial charge in [-0.25, -0.2) is 0 Å². The van der Waals surface area contributed by atoms with Gasteiger partial charge < -0.3 is 11.1 Å². The Balaban J connectivity index is 2.39. The molecule has 1 aliphatic carbocycles. The first-order chi connectivity index (χ1) is 8.20. The van der Waals surface area contributed by atoms with E-state index < -0.39 is 0 Å². The third-order valence-electron chi connectivity index (χ3n) is 3.64. The Labute approximate surface area is 105 Å². The van der Waals surface area contributed by atoms with E-state index in [1.807, 2.05) is 6.92 Å². The Kier molecular flexibility index (Phi) is 6.52. The molecule has 1 aliphatic rings. The number of nitrogens with one attached hydrogen (secondary N) is 1. The van der Waals surface area contributed by atoms with Crippen LogP contribution < -0.4 is 11.1 Å². The van der Waals surface area contributed by atoms with Gasteiger partial charge in [-0.15, -0.1) is 0 Å². The van der Waals surface area contributed by atoms with Gasteiger partial charge in [0.2, 0.25) is 5.91 Å². The van der Waals surface area contributed by atoms with Crippen LogP contribution >= 0.6 is 0 Å². The minimum atomic E-state index is -0.0410. The standard InChI is InChI=1S/C13H27N3O/c1-3-4-9-15-13(17)11(2)16(10-8-14)12-6-5-7-12/h11-12H,3-10,14H2,1-2H3,(H,15,17). The third kappa shape index (κ3) is 4.28. The van der Waals surface area contributed by atoms with Crippen LogP contribution in [-0.4, -0.2) is 42.5 Å². The van der Waals surface area contributed by atoms with Crippen LogP contribution in [0.1, 0.15) is 46.0 Å². The van der Waals surface area contributed by atoms with E-state index in [1.165, 1.54) is 19.3 Å². The van der Waals surface area contributed by atoms with E-state index in [2.05, 4.69) is 17.1 Å². The number of amides is 1. The third-order valence-corrected chi connectivity index (χ3v) is 3.64. The van der Waals surface area contributed by atoms with Gasteiger partial charge in [-0.3, -0.25) is 9.69 Å². The van der Waals surface area contributed by atoms with Crippen LogP contribution in [0.15, 0.2) is 0 Å². The molecule has 1 amide bonds. The van der Waals surface area contributed by atoms with E-state index >= 15 is 0 Å². The maximum atomic E-state index is 12.0. The molecule has 0 saturated heterocycles. The minimum absolute atomic E-state index is 0.0410. The summed E-state index contributed by atoms with van der Waals surface area (Å²) >= 11 is 0. The second-order valence-corrected chi connectivity index (χ2v) is 4.93. The Morgan fingerprint density at radius 1 is 1.53 bits per heavy atom. The van der Waals surface area contributed by atoms with Gasteiger partial charge in [0.15, 0.2) is 0 Å². The van der Waals surface area contributed by atoms with Crippen molar-refractivity contribution in [3.05, 3.63) is 0 Å². The molecule has 100 valence electrons. The van der Waals surface area contributed by atoms with Gasteiger partial charge in [0.25, 0.3) is 0 Å². The summed E-state index contributed by atoms with van der Waals surface area (Å²) in [6.45, 7) is 6.37. The number of hydrogen-bond donors (Lipinski definition) is 2. The summed E-state index contributed by atoms with van der Waals surface area (Å²) in [5.74, 6) is 0.152. The van der Waals surface area contributed by atoms with Crippen LogP contribution in [-0.2, 0) is 4.79 Å². The van der Waals surface area contributed by atoms with Crippen molar-refractivity contribution >= 4 is 5.91 Å². The molecule has 1 rings (SSSR count). The van der Waals surface area contributed by atoms with Crippen molar-refractivity contribution in [3.63, 3.8) is 0 Å². The Morgan fingerprint density at radius 2 is 2.24 bits per heavy atom. The molecule has 0 aliphatic heterocycles. The summed E-state index contributed by atoms with van der Waals surface area (Å²) in [6.07, 6.45) is 5.89. The fraction of sp³-hybridized carbons (Fsp3) is 0.923. The lowest BCUT2D eigenvalue weighted by molar-refractivity contribution is -0.127. The van der Waals surface area contributed by atoms with E-state index in [1.54, 1.807) is 0 Å². The van der Waals surface area contributed by atoms with Crippen LogP contribution in [0.25, 0.3) is 0 Å². The SMILES string of the molecule is CCCCNC(=O)C(C)N(CCN)C1CCC1. The van der Waals surface area contributed by atoms with Gasteiger partial charge in [0.05, 0.1) is 6.04 Å². The first-order valence-corrected chi connectivity index (χ1v) is 6.94. The highest BCUT2D eigenvalue weighted by atomic mass is 16.2. The summed E-state index contributed by atoms with van der Waals surface area (Å²) in [4.78, 5) is 14.3. The molecule has 0 aromatic carbocycles. The molecule has 0 heterocycles. The average molecular weight is 241 g/mol. The summed E-state index contributed by atoms with van der Waals surface area (Å²) in [5, 5.41) is 3.00. The second-order valence-electron chi connectivity index (χ2n) is 4.93. The lowest BCUT2D eigenvalue weighted by Crippen LogP contribution is -2.53. The van der Waals surface area contributed by atoms with Crippen molar-refractivity contribution in [2.24, 2.45) is 5.73 Å². The van der Waals surface area contributed by atoms with Crippen LogP contribution in [0, 0.1) is 0 Å². The Bertz CT molecular complexity index is 229. The monoisotopic (exact) mass is 241 g/mol. The van der Waals surface area contributed by atoms with Crippen LogP contribution in [0.5, 0.6) is 0 Å². The van der Waals surface area contributed by atoms with Crippen LogP contribution in [0.2, 0.25) is 0 Å². The number of rotatable bonds is 8. The average Bonchev–Trinajstić information content (AvgIpc) is 2.25. The predicted molar refractivity (Wildman–Crippen MR) is 70.8 cm³/mol. The predicted octanol–water partition coefficient (Wildman–Crippen LogP) is 1.10. The van der Waals surface area contributed by atoms with Gasteiger partial charge in [-0.05, 0) is 26.2 Å². The number of unbranched alkanes of at least 4 members (excludes halogenated alkanes) is 1. The molecule has 0 bridgehead atoms. The van der Waals surface area contributed by atoms with E-state index in [9.17, 15) is 4.79 Å². The quantitative estimate of drug-likeness (QED) is 0.626. The van der Waals surface area contributed by atoms with Crippen molar-refractivity contribution in [2.45, 2.75) is 58.0 Å². The second kappa shape index (κ2) is 7.67. The molecular weight excluding hydrogens is 214 g/mol. The molecule has 4 heteroatoms. The van der Waals surface area contributed by atoms with Gasteiger partial charge in [0, 0.05) is 25.7 Å². The fourth-order valence-electron chi connectivity index (χ4n) is 2.25. The molecule has 0 aromatic rings. The fourth-order valence-corrected chi connectivity index (χ4v) is 2.25. The topological polar surface area (TPSA) is 58.4 Å². The summed E-state index contributed by atoms with van der Waals surface area (Å²) in [6, 6.07) is 0.534. The lowest BCUT2D eigenvalue weighted by Gasteiger charge is -2.40. The van der Waals surface area contributed by atoms with Crippen molar-refractivity contribution in [3.8, 4) is 0 Å². The lowest BCUT2D eigenvalue weighted by atomic mass is 9.90.